The van der Waals surface area contributed by atoms with Crippen molar-refractivity contribution in [3.05, 3.63) is 12.7 Å². The number of phosphoric acid groups is 3. The molecule has 0 spiro atoms. The summed E-state index contributed by atoms with van der Waals surface area (Å²) in [5, 5.41) is 20.4. The summed E-state index contributed by atoms with van der Waals surface area (Å²) in [5.41, 5.74) is 6.00. The van der Waals surface area contributed by atoms with Crippen molar-refractivity contribution in [3.8, 4) is 0 Å². The molecule has 1 aliphatic heterocycles. The fourth-order valence-electron chi connectivity index (χ4n) is 2.62. The van der Waals surface area contributed by atoms with Gasteiger partial charge in [-0.15, -0.1) is 0 Å². The molecule has 0 bridgehead atoms. The van der Waals surface area contributed by atoms with Gasteiger partial charge in [-0.05, 0) is 0 Å². The van der Waals surface area contributed by atoms with Gasteiger partial charge < -0.3 is 40.3 Å². The molecule has 3 unspecified atom stereocenters. The van der Waals surface area contributed by atoms with Crippen molar-refractivity contribution in [2.75, 3.05) is 12.3 Å². The van der Waals surface area contributed by atoms with Crippen LogP contribution < -0.4 is 5.73 Å². The van der Waals surface area contributed by atoms with E-state index in [2.05, 4.69) is 28.1 Å². The molecule has 0 radical (unpaired) electrons. The number of fused-ring (bicyclic) bond motifs is 1. The van der Waals surface area contributed by atoms with E-state index >= 15 is 0 Å². The second-order valence-electron chi connectivity index (χ2n) is 6.02. The van der Waals surface area contributed by atoms with E-state index in [-0.39, 0.29) is 17.0 Å². The summed E-state index contributed by atoms with van der Waals surface area (Å²) in [6.07, 6.45) is -3.69. The number of aliphatic hydroxyl groups excluding tert-OH is 2. The molecule has 3 heterocycles. The highest BCUT2D eigenvalue weighted by atomic mass is 32.3. The van der Waals surface area contributed by atoms with E-state index in [4.69, 9.17) is 25.2 Å². The van der Waals surface area contributed by atoms with Crippen LogP contribution >= 0.6 is 23.5 Å². The summed E-state index contributed by atoms with van der Waals surface area (Å²) in [7, 11) is -16.7. The highest BCUT2D eigenvalue weighted by molar-refractivity contribution is 7.66. The Morgan fingerprint density at radius 2 is 1.71 bits per heavy atom. The average molecular weight is 510 g/mol. The highest BCUT2D eigenvalue weighted by Crippen LogP contribution is 2.66. The number of nitrogen functional groups attached to an aromatic ring is 1. The summed E-state index contributed by atoms with van der Waals surface area (Å²) in [6.45, 7) is -0.956. The topological polar surface area (TPSA) is 279 Å². The fourth-order valence-corrected chi connectivity index (χ4v) is 5.65. The molecular weight excluding hydrogens is 494 g/mol. The number of ether oxygens (including phenoxy) is 1. The lowest BCUT2D eigenvalue weighted by Crippen LogP contribution is -2.33. The molecule has 1 saturated heterocycles. The van der Waals surface area contributed by atoms with Crippen molar-refractivity contribution in [2.45, 2.75) is 24.5 Å². The molecule has 0 aromatic carbocycles. The first kappa shape index (κ1) is 24.3. The van der Waals surface area contributed by atoms with E-state index in [0.717, 1.165) is 6.33 Å². The van der Waals surface area contributed by atoms with Crippen LogP contribution in [0, 0.1) is 0 Å². The van der Waals surface area contributed by atoms with Crippen molar-refractivity contribution in [1.29, 1.82) is 0 Å². The van der Waals surface area contributed by atoms with Gasteiger partial charge in [0.25, 0.3) is 0 Å². The smallest absolute Gasteiger partial charge is 0.387 e. The number of aliphatic hydroxyl groups is 2. The van der Waals surface area contributed by atoms with Crippen LogP contribution in [-0.2, 0) is 31.6 Å². The highest BCUT2D eigenvalue weighted by Gasteiger charge is 2.47. The molecule has 2 aromatic rings. The molecule has 0 aliphatic carbocycles. The van der Waals surface area contributed by atoms with Gasteiger partial charge in [0.2, 0.25) is 0 Å². The molecule has 1 fully saturated rings. The van der Waals surface area contributed by atoms with Crippen molar-refractivity contribution >= 4 is 40.4 Å². The maximum Gasteiger partial charge on any atom is 0.490 e. The molecule has 18 nitrogen and oxygen atoms in total. The number of imidazole rings is 1. The van der Waals surface area contributed by atoms with Crippen LogP contribution in [0.4, 0.5) is 5.82 Å². The molecule has 174 valence electrons. The van der Waals surface area contributed by atoms with Gasteiger partial charge in [0.15, 0.2) is 17.7 Å². The third kappa shape index (κ3) is 5.71. The summed E-state index contributed by atoms with van der Waals surface area (Å²) in [5.74, 6) is 0.0426. The molecule has 6 atom stereocenters. The lowest BCUT2D eigenvalue weighted by molar-refractivity contribution is -0.0503. The van der Waals surface area contributed by atoms with E-state index in [1.54, 1.807) is 0 Å². The lowest BCUT2D eigenvalue weighted by atomic mass is 10.1. The van der Waals surface area contributed by atoms with Crippen LogP contribution in [0.5, 0.6) is 0 Å². The molecule has 2 aromatic heterocycles. The fraction of sp³-hybridized carbons (Fsp3) is 0.500. The maximum atomic E-state index is 11.8. The third-order valence-electron chi connectivity index (χ3n) is 3.82. The lowest BCUT2D eigenvalue weighted by Gasteiger charge is -2.19. The first-order valence-corrected chi connectivity index (χ1v) is 12.4. The van der Waals surface area contributed by atoms with Gasteiger partial charge in [-0.2, -0.15) is 8.62 Å². The number of nitrogens with zero attached hydrogens (tertiary/aromatic N) is 4. The minimum Gasteiger partial charge on any atom is -0.387 e. The molecule has 1 aliphatic rings. The van der Waals surface area contributed by atoms with Gasteiger partial charge in [0.1, 0.15) is 30.2 Å². The maximum absolute atomic E-state index is 11.8. The average Bonchev–Trinajstić information content (AvgIpc) is 3.13. The quantitative estimate of drug-likeness (QED) is 0.196. The number of anilines is 1. The number of hydrogen-bond donors (Lipinski definition) is 7. The molecule has 21 heteroatoms. The van der Waals surface area contributed by atoms with Crippen LogP contribution in [0.1, 0.15) is 6.23 Å². The van der Waals surface area contributed by atoms with Gasteiger partial charge in [-0.1, -0.05) is 0 Å². The van der Waals surface area contributed by atoms with E-state index in [0.29, 0.717) is 0 Å². The first-order chi connectivity index (χ1) is 14.2. The summed E-state index contributed by atoms with van der Waals surface area (Å²) in [6, 6.07) is 0. The Kier molecular flexibility index (Phi) is 6.68. The zero-order chi connectivity index (χ0) is 23.2. The predicted molar refractivity (Wildman–Crippen MR) is 95.5 cm³/mol. The van der Waals surface area contributed by atoms with Gasteiger partial charge in [0.05, 0.1) is 12.9 Å². The first-order valence-electron chi connectivity index (χ1n) is 7.92. The Labute approximate surface area is 171 Å². The number of rotatable bonds is 8. The van der Waals surface area contributed by atoms with E-state index in [1.807, 2.05) is 0 Å². The Morgan fingerprint density at radius 1 is 1.03 bits per heavy atom. The number of hydrogen-bond acceptors (Lipinski definition) is 13. The Hall–Kier alpha value is -1.36. The van der Waals surface area contributed by atoms with E-state index in [1.165, 1.54) is 10.9 Å². The van der Waals surface area contributed by atoms with Crippen molar-refractivity contribution < 1.29 is 61.4 Å². The normalized spacial score (nSPS) is 28.5. The van der Waals surface area contributed by atoms with Gasteiger partial charge in [0, 0.05) is 0 Å². The number of phosphoric ester groups is 1. The molecule has 3 rings (SSSR count). The standard InChI is InChI=1S/C10H16N5O13P3/c11-8-5-9(13-2-12-8)15(3-14-5)10-7(17)6(16)4(26-10)1-25-30(21,22)28-31(23,24)27-29(18,19)20/h2-4,6-7,10,16-17H,1H2,(H,21,22)(H,23,24)(H2,11,12,13)(H2,18,19,20)/t4-,6-,7-,10?/m1/s1/i29+1,30+1,31+1. The SMILES string of the molecule is Nc1ncnc2c1ncn2C1O[C@H](CO[32P](=O)(O)O[32P](=O)(O)O[32P](=O)(O)O)[C@@H](O)[C@H]1O. The number of nitrogens with two attached hydrogens (primary N) is 1. The predicted octanol–water partition coefficient (Wildman–Crippen LogP) is -1.63. The summed E-state index contributed by atoms with van der Waals surface area (Å²) >= 11 is 0. The monoisotopic (exact) mass is 510 g/mol. The second kappa shape index (κ2) is 8.53. The summed E-state index contributed by atoms with van der Waals surface area (Å²) < 4.78 is 51.9. The molecule has 8 N–H and O–H groups in total. The summed E-state index contributed by atoms with van der Waals surface area (Å²) in [4.78, 5) is 47.2. The van der Waals surface area contributed by atoms with Crippen LogP contribution in [0.15, 0.2) is 12.7 Å². The molecule has 0 amide bonds. The minimum absolute atomic E-state index is 0.0426. The van der Waals surface area contributed by atoms with Crippen LogP contribution in [0.2, 0.25) is 0 Å². The second-order valence-corrected chi connectivity index (χ2v) is 10.4. The molecular formula is C10H16N5O13P3. The van der Waals surface area contributed by atoms with Gasteiger partial charge >= 0.3 is 23.5 Å². The zero-order valence-corrected chi connectivity index (χ0v) is 17.6. The minimum atomic E-state index is -5.70. The van der Waals surface area contributed by atoms with Crippen molar-refractivity contribution in [2.24, 2.45) is 0 Å². The van der Waals surface area contributed by atoms with Gasteiger partial charge in [-0.3, -0.25) is 9.09 Å². The Morgan fingerprint density at radius 3 is 2.35 bits per heavy atom. The number of aromatic nitrogens is 4. The Balaban J connectivity index is 1.69. The van der Waals surface area contributed by atoms with E-state index in [9.17, 15) is 28.8 Å². The van der Waals surface area contributed by atoms with E-state index < -0.39 is 54.6 Å². The van der Waals surface area contributed by atoms with Crippen LogP contribution in [0.3, 0.4) is 0 Å². The van der Waals surface area contributed by atoms with Crippen molar-refractivity contribution in [3.63, 3.8) is 0 Å². The zero-order valence-electron chi connectivity index (χ0n) is 14.9. The largest absolute Gasteiger partial charge is 0.490 e. The molecule has 0 saturated carbocycles. The Bertz CT molecular complexity index is 1100. The van der Waals surface area contributed by atoms with Crippen LogP contribution in [-0.4, -0.2) is 74.2 Å². The molecule has 31 heavy (non-hydrogen) atoms. The van der Waals surface area contributed by atoms with Crippen molar-refractivity contribution in [1.82, 2.24) is 19.5 Å². The third-order valence-corrected chi connectivity index (χ3v) is 7.62. The van der Waals surface area contributed by atoms with Gasteiger partial charge in [-0.25, -0.2) is 28.6 Å². The van der Waals surface area contributed by atoms with Crippen LogP contribution in [0.25, 0.3) is 11.2 Å².